The van der Waals surface area contributed by atoms with Gasteiger partial charge in [0.05, 0.1) is 21.1 Å². The molecule has 1 unspecified atom stereocenters. The summed E-state index contributed by atoms with van der Waals surface area (Å²) in [5, 5.41) is 20.4. The lowest BCUT2D eigenvalue weighted by Crippen LogP contribution is -2.43. The van der Waals surface area contributed by atoms with Crippen molar-refractivity contribution in [3.05, 3.63) is 0 Å². The molecule has 0 saturated carbocycles. The van der Waals surface area contributed by atoms with E-state index in [4.69, 9.17) is 14.3 Å². The molecular weight excluding hydrogens is 381 g/mol. The van der Waals surface area contributed by atoms with Crippen LogP contribution in [0.2, 0.25) is 0 Å². The number of aliphatic hydroxyl groups is 2. The van der Waals surface area contributed by atoms with E-state index in [0.717, 1.165) is 19.3 Å². The van der Waals surface area contributed by atoms with Crippen molar-refractivity contribution in [2.24, 2.45) is 0 Å². The molecule has 0 aliphatic heterocycles. The second-order valence-corrected chi connectivity index (χ2v) is 10.3. The Hall–Kier alpha value is -0.0100. The Morgan fingerprint density at radius 2 is 1.32 bits per heavy atom. The normalized spacial score (nSPS) is 14.4. The van der Waals surface area contributed by atoms with Crippen molar-refractivity contribution in [3.8, 4) is 0 Å². The molecule has 0 aromatic heterocycles. The van der Waals surface area contributed by atoms with Crippen LogP contribution in [0.1, 0.15) is 90.4 Å². The Balaban J connectivity index is 4.04. The van der Waals surface area contributed by atoms with E-state index in [-0.39, 0.29) is 19.3 Å². The summed E-state index contributed by atoms with van der Waals surface area (Å²) in [6.45, 7) is 2.59. The third kappa shape index (κ3) is 19.3. The van der Waals surface area contributed by atoms with Crippen LogP contribution in [0.15, 0.2) is 0 Å². The first kappa shape index (κ1) is 28.0. The van der Waals surface area contributed by atoms with Gasteiger partial charge in [-0.3, -0.25) is 4.52 Å². The highest BCUT2D eigenvalue weighted by molar-refractivity contribution is 7.46. The summed E-state index contributed by atoms with van der Waals surface area (Å²) in [5.41, 5.74) is 0. The molecular formula is C20H45NO6P+. The smallest absolute Gasteiger partial charge is 0.366 e. The van der Waals surface area contributed by atoms with Gasteiger partial charge in [-0.05, 0) is 12.8 Å². The highest BCUT2D eigenvalue weighted by atomic mass is 31.2. The fourth-order valence-electron chi connectivity index (χ4n) is 3.40. The zero-order valence-corrected chi connectivity index (χ0v) is 19.4. The van der Waals surface area contributed by atoms with Gasteiger partial charge in [0.15, 0.2) is 5.79 Å². The molecule has 28 heavy (non-hydrogen) atoms. The molecule has 0 aromatic rings. The zero-order valence-electron chi connectivity index (χ0n) is 18.5. The summed E-state index contributed by atoms with van der Waals surface area (Å²) >= 11 is 0. The predicted octanol–water partition coefficient (Wildman–Crippen LogP) is 3.94. The van der Waals surface area contributed by atoms with Crippen molar-refractivity contribution in [1.82, 2.24) is 0 Å². The number of unbranched alkanes of at least 4 members (excludes halogenated alkanes) is 9. The first-order valence-electron chi connectivity index (χ1n) is 10.8. The minimum absolute atomic E-state index is 0.0368. The van der Waals surface area contributed by atoms with Crippen LogP contribution in [-0.2, 0) is 9.09 Å². The van der Waals surface area contributed by atoms with E-state index in [9.17, 15) is 14.8 Å². The Kier molecular flexibility index (Phi) is 14.1. The molecule has 0 saturated heterocycles. The summed E-state index contributed by atoms with van der Waals surface area (Å²) in [6.07, 6.45) is 11.6. The summed E-state index contributed by atoms with van der Waals surface area (Å²) in [7, 11) is 1.07. The quantitative estimate of drug-likeness (QED) is 0.114. The number of nitrogens with zero attached hydrogens (tertiary/aromatic N) is 1. The Morgan fingerprint density at radius 1 is 0.857 bits per heavy atom. The number of phosphoric ester groups is 1. The average molecular weight is 427 g/mol. The van der Waals surface area contributed by atoms with E-state index in [1.54, 1.807) is 0 Å². The maximum atomic E-state index is 11.2. The monoisotopic (exact) mass is 426 g/mol. The van der Waals surface area contributed by atoms with Crippen molar-refractivity contribution in [1.29, 1.82) is 0 Å². The number of quaternary nitrogens is 1. The van der Waals surface area contributed by atoms with E-state index >= 15 is 0 Å². The standard InChI is InChI=1S/C20H44NO6P/c1-5-6-7-8-9-10-11-12-13-14-16-20(22,23)17-15-19(18-21(2,3)4)27-28(24,25)26/h19,22-23H,5-18H2,1-4H3,(H-,24,25,26)/p+1. The fraction of sp³-hybridized carbons (Fsp3) is 1.00. The topological polar surface area (TPSA) is 107 Å². The molecule has 0 spiro atoms. The molecule has 8 heteroatoms. The Labute approximate surface area is 171 Å². The van der Waals surface area contributed by atoms with E-state index in [1.807, 2.05) is 21.1 Å². The van der Waals surface area contributed by atoms with Gasteiger partial charge in [-0.25, -0.2) is 4.57 Å². The van der Waals surface area contributed by atoms with Crippen molar-refractivity contribution >= 4 is 7.82 Å². The molecule has 0 bridgehead atoms. The predicted molar refractivity (Wildman–Crippen MR) is 113 cm³/mol. The van der Waals surface area contributed by atoms with Gasteiger partial charge in [-0.15, -0.1) is 0 Å². The van der Waals surface area contributed by atoms with Crippen LogP contribution in [0, 0.1) is 0 Å². The van der Waals surface area contributed by atoms with Crippen LogP contribution in [0.4, 0.5) is 0 Å². The van der Waals surface area contributed by atoms with E-state index in [2.05, 4.69) is 6.92 Å². The van der Waals surface area contributed by atoms with Crippen LogP contribution in [0.3, 0.4) is 0 Å². The minimum Gasteiger partial charge on any atom is -0.366 e. The molecule has 0 heterocycles. The maximum absolute atomic E-state index is 11.2. The van der Waals surface area contributed by atoms with Crippen LogP contribution >= 0.6 is 7.82 Å². The molecule has 0 rings (SSSR count). The van der Waals surface area contributed by atoms with Gasteiger partial charge < -0.3 is 24.5 Å². The number of hydrogen-bond donors (Lipinski definition) is 4. The van der Waals surface area contributed by atoms with Gasteiger partial charge in [0, 0.05) is 12.8 Å². The SMILES string of the molecule is CCCCCCCCCCCCC(O)(O)CCC(C[N+](C)(C)C)OP(=O)(O)O. The molecule has 0 aromatic carbocycles. The second kappa shape index (κ2) is 14.1. The van der Waals surface area contributed by atoms with Gasteiger partial charge >= 0.3 is 7.82 Å². The first-order valence-corrected chi connectivity index (χ1v) is 12.4. The molecule has 4 N–H and O–H groups in total. The average Bonchev–Trinajstić information content (AvgIpc) is 2.52. The molecule has 0 aliphatic carbocycles. The van der Waals surface area contributed by atoms with E-state index in [0.29, 0.717) is 11.0 Å². The summed E-state index contributed by atoms with van der Waals surface area (Å²) in [4.78, 5) is 18.2. The molecule has 170 valence electrons. The highest BCUT2D eigenvalue weighted by Crippen LogP contribution is 2.39. The van der Waals surface area contributed by atoms with Gasteiger partial charge in [-0.2, -0.15) is 0 Å². The lowest BCUT2D eigenvalue weighted by Gasteiger charge is -2.30. The van der Waals surface area contributed by atoms with Crippen molar-refractivity contribution in [2.45, 2.75) is 102 Å². The minimum atomic E-state index is -4.61. The second-order valence-electron chi connectivity index (χ2n) is 9.14. The number of rotatable bonds is 18. The van der Waals surface area contributed by atoms with Crippen molar-refractivity contribution in [3.63, 3.8) is 0 Å². The van der Waals surface area contributed by atoms with Gasteiger partial charge in [0.1, 0.15) is 12.6 Å². The highest BCUT2D eigenvalue weighted by Gasteiger charge is 2.30. The van der Waals surface area contributed by atoms with Crippen molar-refractivity contribution < 1.29 is 33.6 Å². The number of phosphoric acid groups is 1. The van der Waals surface area contributed by atoms with Gasteiger partial charge in [-0.1, -0.05) is 64.7 Å². The first-order chi connectivity index (χ1) is 12.8. The van der Waals surface area contributed by atoms with E-state index in [1.165, 1.54) is 44.9 Å². The molecule has 7 nitrogen and oxygen atoms in total. The Bertz CT molecular complexity index is 433. The van der Waals surface area contributed by atoms with Crippen LogP contribution in [0.5, 0.6) is 0 Å². The summed E-state index contributed by atoms with van der Waals surface area (Å²) < 4.78 is 16.5. The summed E-state index contributed by atoms with van der Waals surface area (Å²) in [5.74, 6) is -1.82. The van der Waals surface area contributed by atoms with Gasteiger partial charge in [0.25, 0.3) is 0 Å². The summed E-state index contributed by atoms with van der Waals surface area (Å²) in [6, 6.07) is 0. The number of likely N-dealkylation sites (N-methyl/N-ethyl adjacent to an activating group) is 1. The van der Waals surface area contributed by atoms with Crippen LogP contribution < -0.4 is 0 Å². The van der Waals surface area contributed by atoms with Gasteiger partial charge in [0.2, 0.25) is 0 Å². The molecule has 0 aliphatic rings. The van der Waals surface area contributed by atoms with Crippen LogP contribution in [0.25, 0.3) is 0 Å². The number of hydrogen-bond acceptors (Lipinski definition) is 4. The molecule has 0 amide bonds. The molecule has 1 atom stereocenters. The van der Waals surface area contributed by atoms with E-state index < -0.39 is 19.7 Å². The third-order valence-corrected chi connectivity index (χ3v) is 5.41. The van der Waals surface area contributed by atoms with Crippen molar-refractivity contribution in [2.75, 3.05) is 27.7 Å². The Morgan fingerprint density at radius 3 is 1.75 bits per heavy atom. The molecule has 0 fully saturated rings. The maximum Gasteiger partial charge on any atom is 0.470 e. The lowest BCUT2D eigenvalue weighted by atomic mass is 9.99. The zero-order chi connectivity index (χ0) is 21.7. The lowest BCUT2D eigenvalue weighted by molar-refractivity contribution is -0.873. The largest absolute Gasteiger partial charge is 0.470 e. The third-order valence-electron chi connectivity index (χ3n) is 4.84. The van der Waals surface area contributed by atoms with Crippen LogP contribution in [-0.4, -0.2) is 64.1 Å². The molecule has 0 radical (unpaired) electrons. The fourth-order valence-corrected chi connectivity index (χ4v) is 3.96.